The molecule has 4 rings (SSSR count). The highest BCUT2D eigenvalue weighted by molar-refractivity contribution is 6.30. The van der Waals surface area contributed by atoms with Crippen molar-refractivity contribution < 1.29 is 19.7 Å². The Morgan fingerprint density at radius 3 is 2.47 bits per heavy atom. The standard InChI is InChI=1S/C24H28ClN3O4/c1-27-13-11-26-23(27)15-31-20-6-2-18(3-7-20)14-28-12-10-22(29)24(30,16-28)17-32-21-8-4-19(25)5-9-21/h2-9,11,13,22,29-30H,10,12,14-17H2,1H3/t22-,24-/m0/s1. The average Bonchev–Trinajstić information content (AvgIpc) is 3.20. The Morgan fingerprint density at radius 2 is 1.78 bits per heavy atom. The van der Waals surface area contributed by atoms with Gasteiger partial charge in [0.1, 0.15) is 36.1 Å². The van der Waals surface area contributed by atoms with Gasteiger partial charge in [-0.2, -0.15) is 0 Å². The fourth-order valence-electron chi connectivity index (χ4n) is 3.79. The van der Waals surface area contributed by atoms with E-state index < -0.39 is 11.7 Å². The summed E-state index contributed by atoms with van der Waals surface area (Å²) in [5.74, 6) is 2.24. The van der Waals surface area contributed by atoms with Gasteiger partial charge in [-0.25, -0.2) is 4.98 Å². The number of benzene rings is 2. The van der Waals surface area contributed by atoms with Crippen LogP contribution in [0, 0.1) is 0 Å². The first kappa shape index (κ1) is 22.6. The van der Waals surface area contributed by atoms with Crippen molar-refractivity contribution in [1.82, 2.24) is 14.5 Å². The van der Waals surface area contributed by atoms with E-state index in [1.54, 1.807) is 30.5 Å². The van der Waals surface area contributed by atoms with E-state index in [0.717, 1.165) is 17.1 Å². The fraction of sp³-hybridized carbons (Fsp3) is 0.375. The molecule has 2 aromatic carbocycles. The zero-order valence-corrected chi connectivity index (χ0v) is 18.8. The van der Waals surface area contributed by atoms with Gasteiger partial charge in [-0.1, -0.05) is 23.7 Å². The van der Waals surface area contributed by atoms with Crippen LogP contribution < -0.4 is 9.47 Å². The van der Waals surface area contributed by atoms with Gasteiger partial charge in [0.25, 0.3) is 0 Å². The number of imidazole rings is 1. The first-order valence-corrected chi connectivity index (χ1v) is 11.0. The third-order valence-corrected chi connectivity index (χ3v) is 6.01. The van der Waals surface area contributed by atoms with Crippen LogP contribution in [-0.4, -0.2) is 56.1 Å². The molecule has 7 nitrogen and oxygen atoms in total. The van der Waals surface area contributed by atoms with Gasteiger partial charge < -0.3 is 24.3 Å². The summed E-state index contributed by atoms with van der Waals surface area (Å²) >= 11 is 5.90. The van der Waals surface area contributed by atoms with Crippen LogP contribution in [0.1, 0.15) is 17.8 Å². The average molecular weight is 458 g/mol. The number of aliphatic hydroxyl groups excluding tert-OH is 1. The molecular formula is C24H28ClN3O4. The molecule has 1 aromatic heterocycles. The largest absolute Gasteiger partial charge is 0.490 e. The van der Waals surface area contributed by atoms with E-state index in [4.69, 9.17) is 21.1 Å². The van der Waals surface area contributed by atoms with Crippen molar-refractivity contribution in [2.24, 2.45) is 7.05 Å². The summed E-state index contributed by atoms with van der Waals surface area (Å²) in [6.07, 6.45) is 3.27. The molecule has 0 saturated carbocycles. The lowest BCUT2D eigenvalue weighted by molar-refractivity contribution is -0.140. The Hall–Kier alpha value is -2.58. The van der Waals surface area contributed by atoms with Crippen molar-refractivity contribution in [2.75, 3.05) is 19.7 Å². The Bertz CT molecular complexity index is 1010. The van der Waals surface area contributed by atoms with Crippen molar-refractivity contribution in [3.63, 3.8) is 0 Å². The number of β-amino-alcohol motifs (C(OH)–C–C–N with tert-alkyl or cyclic N) is 1. The molecule has 0 aliphatic carbocycles. The molecule has 0 amide bonds. The lowest BCUT2D eigenvalue weighted by Gasteiger charge is -2.42. The molecular weight excluding hydrogens is 430 g/mol. The van der Waals surface area contributed by atoms with Crippen LogP contribution in [0.15, 0.2) is 60.9 Å². The monoisotopic (exact) mass is 457 g/mol. The molecule has 1 aliphatic rings. The van der Waals surface area contributed by atoms with Gasteiger partial charge in [-0.15, -0.1) is 0 Å². The predicted octanol–water partition coefficient (Wildman–Crippen LogP) is 3.03. The summed E-state index contributed by atoms with van der Waals surface area (Å²) in [7, 11) is 1.94. The number of likely N-dealkylation sites (tertiary alicyclic amines) is 1. The van der Waals surface area contributed by atoms with Gasteiger partial charge in [0.15, 0.2) is 0 Å². The van der Waals surface area contributed by atoms with E-state index in [1.807, 2.05) is 42.1 Å². The van der Waals surface area contributed by atoms with Crippen molar-refractivity contribution in [3.8, 4) is 11.5 Å². The minimum absolute atomic E-state index is 0.00622. The molecule has 32 heavy (non-hydrogen) atoms. The molecule has 1 fully saturated rings. The molecule has 0 unspecified atom stereocenters. The van der Waals surface area contributed by atoms with E-state index >= 15 is 0 Å². The number of aliphatic hydroxyl groups is 2. The Morgan fingerprint density at radius 1 is 1.09 bits per heavy atom. The molecule has 2 heterocycles. The first-order chi connectivity index (χ1) is 15.4. The van der Waals surface area contributed by atoms with Crippen molar-refractivity contribution in [3.05, 3.63) is 77.3 Å². The van der Waals surface area contributed by atoms with E-state index in [2.05, 4.69) is 9.88 Å². The molecule has 0 spiro atoms. The quantitative estimate of drug-likeness (QED) is 0.541. The van der Waals surface area contributed by atoms with Crippen LogP contribution in [0.25, 0.3) is 0 Å². The Kier molecular flexibility index (Phi) is 7.01. The lowest BCUT2D eigenvalue weighted by Crippen LogP contribution is -2.59. The SMILES string of the molecule is Cn1ccnc1COc1ccc(CN2CC[C@H](O)[C@@](O)(COc3ccc(Cl)cc3)C2)cc1. The van der Waals surface area contributed by atoms with E-state index in [9.17, 15) is 10.2 Å². The van der Waals surface area contributed by atoms with Gasteiger partial charge in [0, 0.05) is 44.1 Å². The third kappa shape index (κ3) is 5.61. The second-order valence-electron chi connectivity index (χ2n) is 8.25. The topological polar surface area (TPSA) is 80.0 Å². The zero-order valence-electron chi connectivity index (χ0n) is 18.0. The fourth-order valence-corrected chi connectivity index (χ4v) is 3.92. The first-order valence-electron chi connectivity index (χ1n) is 10.6. The van der Waals surface area contributed by atoms with Crippen LogP contribution in [0.3, 0.4) is 0 Å². The van der Waals surface area contributed by atoms with Crippen LogP contribution in [0.4, 0.5) is 0 Å². The summed E-state index contributed by atoms with van der Waals surface area (Å²) < 4.78 is 13.5. The van der Waals surface area contributed by atoms with Crippen molar-refractivity contribution >= 4 is 11.6 Å². The summed E-state index contributed by atoms with van der Waals surface area (Å²) in [6.45, 7) is 2.09. The molecule has 3 aromatic rings. The minimum atomic E-state index is -1.34. The number of halogens is 1. The number of ether oxygens (including phenoxy) is 2. The molecule has 1 saturated heterocycles. The summed E-state index contributed by atoms with van der Waals surface area (Å²) in [5, 5.41) is 22.1. The normalized spacial score (nSPS) is 21.4. The lowest BCUT2D eigenvalue weighted by atomic mass is 9.90. The summed E-state index contributed by atoms with van der Waals surface area (Å²) in [4.78, 5) is 6.38. The number of aromatic nitrogens is 2. The molecule has 0 bridgehead atoms. The second-order valence-corrected chi connectivity index (χ2v) is 8.68. The van der Waals surface area contributed by atoms with Crippen LogP contribution >= 0.6 is 11.6 Å². The van der Waals surface area contributed by atoms with Crippen molar-refractivity contribution in [1.29, 1.82) is 0 Å². The molecule has 170 valence electrons. The van der Waals surface area contributed by atoms with E-state index in [1.165, 1.54) is 0 Å². The van der Waals surface area contributed by atoms with Gasteiger partial charge in [0.2, 0.25) is 0 Å². The maximum absolute atomic E-state index is 11.1. The molecule has 1 aliphatic heterocycles. The van der Waals surface area contributed by atoms with Gasteiger partial charge in [0.05, 0.1) is 6.10 Å². The number of aryl methyl sites for hydroxylation is 1. The highest BCUT2D eigenvalue weighted by Crippen LogP contribution is 2.26. The maximum Gasteiger partial charge on any atom is 0.146 e. The summed E-state index contributed by atoms with van der Waals surface area (Å²) in [5.41, 5.74) is -0.241. The summed E-state index contributed by atoms with van der Waals surface area (Å²) in [6, 6.07) is 14.9. The number of piperidine rings is 1. The number of rotatable bonds is 8. The predicted molar refractivity (Wildman–Crippen MR) is 122 cm³/mol. The number of hydrogen-bond donors (Lipinski definition) is 2. The van der Waals surface area contributed by atoms with Gasteiger partial charge >= 0.3 is 0 Å². The highest BCUT2D eigenvalue weighted by atomic mass is 35.5. The molecule has 8 heteroatoms. The Labute approximate surface area is 192 Å². The third-order valence-electron chi connectivity index (χ3n) is 5.76. The highest BCUT2D eigenvalue weighted by Gasteiger charge is 2.42. The zero-order chi connectivity index (χ0) is 22.6. The van der Waals surface area contributed by atoms with Crippen LogP contribution in [-0.2, 0) is 20.2 Å². The smallest absolute Gasteiger partial charge is 0.146 e. The molecule has 2 atom stereocenters. The number of nitrogens with zero attached hydrogens (tertiary/aromatic N) is 3. The van der Waals surface area contributed by atoms with Crippen LogP contribution in [0.5, 0.6) is 11.5 Å². The van der Waals surface area contributed by atoms with Crippen LogP contribution in [0.2, 0.25) is 5.02 Å². The van der Waals surface area contributed by atoms with E-state index in [0.29, 0.717) is 43.4 Å². The van der Waals surface area contributed by atoms with Gasteiger partial charge in [-0.3, -0.25) is 4.90 Å². The number of hydrogen-bond acceptors (Lipinski definition) is 6. The van der Waals surface area contributed by atoms with E-state index in [-0.39, 0.29) is 6.61 Å². The van der Waals surface area contributed by atoms with Gasteiger partial charge in [-0.05, 0) is 48.4 Å². The molecule has 2 N–H and O–H groups in total. The maximum atomic E-state index is 11.1. The Balaban J connectivity index is 1.31. The minimum Gasteiger partial charge on any atom is -0.490 e. The second kappa shape index (κ2) is 9.92. The molecule has 0 radical (unpaired) electrons. The van der Waals surface area contributed by atoms with Crippen molar-refractivity contribution in [2.45, 2.75) is 31.3 Å².